The molecule has 0 spiro atoms. The molecular weight excluding hydrogens is 308 g/mol. The fourth-order valence-electron chi connectivity index (χ4n) is 2.90. The SMILES string of the molecule is Cc1c(Cl)cccc1NC(=O)c1ccc(CN2CCCC2)cc1. The summed E-state index contributed by atoms with van der Waals surface area (Å²) in [6.45, 7) is 5.22. The maximum atomic E-state index is 12.4. The highest BCUT2D eigenvalue weighted by atomic mass is 35.5. The van der Waals surface area contributed by atoms with Crippen LogP contribution in [0, 0.1) is 6.92 Å². The van der Waals surface area contributed by atoms with E-state index >= 15 is 0 Å². The molecule has 0 aromatic heterocycles. The van der Waals surface area contributed by atoms with Crippen molar-refractivity contribution in [2.45, 2.75) is 26.3 Å². The number of benzene rings is 2. The van der Waals surface area contributed by atoms with Crippen molar-refractivity contribution in [2.24, 2.45) is 0 Å². The van der Waals surface area contributed by atoms with Crippen molar-refractivity contribution >= 4 is 23.2 Å². The third kappa shape index (κ3) is 3.92. The number of nitrogens with zero attached hydrogens (tertiary/aromatic N) is 1. The van der Waals surface area contributed by atoms with Crippen LogP contribution in [0.2, 0.25) is 5.02 Å². The Kier molecular flexibility index (Phi) is 4.99. The van der Waals surface area contributed by atoms with Crippen molar-refractivity contribution in [3.8, 4) is 0 Å². The van der Waals surface area contributed by atoms with Gasteiger partial charge in [-0.2, -0.15) is 0 Å². The molecule has 1 aliphatic rings. The Bertz CT molecular complexity index is 691. The van der Waals surface area contributed by atoms with E-state index in [4.69, 9.17) is 11.6 Å². The highest BCUT2D eigenvalue weighted by Crippen LogP contribution is 2.23. The molecule has 4 heteroatoms. The van der Waals surface area contributed by atoms with Gasteiger partial charge < -0.3 is 5.32 Å². The fraction of sp³-hybridized carbons (Fsp3) is 0.316. The molecule has 0 atom stereocenters. The predicted molar refractivity (Wildman–Crippen MR) is 95.1 cm³/mol. The lowest BCUT2D eigenvalue weighted by atomic mass is 10.1. The van der Waals surface area contributed by atoms with Crippen LogP contribution in [0.1, 0.15) is 34.3 Å². The molecule has 0 bridgehead atoms. The van der Waals surface area contributed by atoms with Gasteiger partial charge in [-0.05, 0) is 68.2 Å². The molecule has 3 rings (SSSR count). The van der Waals surface area contributed by atoms with Crippen LogP contribution in [-0.4, -0.2) is 23.9 Å². The van der Waals surface area contributed by atoms with E-state index in [9.17, 15) is 4.79 Å². The summed E-state index contributed by atoms with van der Waals surface area (Å²) < 4.78 is 0. The maximum absolute atomic E-state index is 12.4. The predicted octanol–water partition coefficient (Wildman–Crippen LogP) is 4.50. The van der Waals surface area contributed by atoms with Crippen LogP contribution in [0.3, 0.4) is 0 Å². The standard InChI is InChI=1S/C19H21ClN2O/c1-14-17(20)5-4-6-18(14)21-19(23)16-9-7-15(8-10-16)13-22-11-2-3-12-22/h4-10H,2-3,11-13H2,1H3,(H,21,23). The third-order valence-corrected chi connectivity index (χ3v) is 4.75. The molecule has 1 saturated heterocycles. The van der Waals surface area contributed by atoms with Gasteiger partial charge in [0.15, 0.2) is 0 Å². The zero-order valence-corrected chi connectivity index (χ0v) is 14.1. The van der Waals surface area contributed by atoms with Crippen LogP contribution in [0.5, 0.6) is 0 Å². The van der Waals surface area contributed by atoms with E-state index in [1.165, 1.54) is 31.5 Å². The second-order valence-corrected chi connectivity index (χ2v) is 6.45. The Morgan fingerprint density at radius 3 is 2.52 bits per heavy atom. The van der Waals surface area contributed by atoms with E-state index < -0.39 is 0 Å². The van der Waals surface area contributed by atoms with Crippen molar-refractivity contribution in [3.63, 3.8) is 0 Å². The van der Waals surface area contributed by atoms with Gasteiger partial charge in [-0.25, -0.2) is 0 Å². The number of rotatable bonds is 4. The van der Waals surface area contributed by atoms with Crippen LogP contribution in [0.4, 0.5) is 5.69 Å². The number of likely N-dealkylation sites (tertiary alicyclic amines) is 1. The van der Waals surface area contributed by atoms with Gasteiger partial charge in [-0.15, -0.1) is 0 Å². The molecule has 2 aromatic carbocycles. The number of amides is 1. The van der Waals surface area contributed by atoms with Gasteiger partial charge in [0.05, 0.1) is 0 Å². The van der Waals surface area contributed by atoms with Crippen molar-refractivity contribution in [1.82, 2.24) is 4.90 Å². The van der Waals surface area contributed by atoms with Gasteiger partial charge in [0.1, 0.15) is 0 Å². The minimum Gasteiger partial charge on any atom is -0.322 e. The molecule has 23 heavy (non-hydrogen) atoms. The number of anilines is 1. The summed E-state index contributed by atoms with van der Waals surface area (Å²) >= 11 is 6.09. The molecule has 0 unspecified atom stereocenters. The highest BCUT2D eigenvalue weighted by Gasteiger charge is 2.13. The van der Waals surface area contributed by atoms with Crippen LogP contribution < -0.4 is 5.32 Å². The van der Waals surface area contributed by atoms with E-state index in [2.05, 4.69) is 10.2 Å². The normalized spacial score (nSPS) is 14.9. The van der Waals surface area contributed by atoms with E-state index in [0.717, 1.165) is 17.8 Å². The summed E-state index contributed by atoms with van der Waals surface area (Å²) in [6, 6.07) is 13.4. The second-order valence-electron chi connectivity index (χ2n) is 6.05. The number of hydrogen-bond donors (Lipinski definition) is 1. The molecule has 1 fully saturated rings. The first kappa shape index (κ1) is 16.0. The molecule has 120 valence electrons. The Balaban J connectivity index is 1.66. The lowest BCUT2D eigenvalue weighted by molar-refractivity contribution is 0.102. The molecule has 0 radical (unpaired) electrons. The summed E-state index contributed by atoms with van der Waals surface area (Å²) in [5.74, 6) is -0.108. The minimum absolute atomic E-state index is 0.108. The third-order valence-electron chi connectivity index (χ3n) is 4.34. The quantitative estimate of drug-likeness (QED) is 0.896. The lowest BCUT2D eigenvalue weighted by Crippen LogP contribution is -2.18. The first-order valence-corrected chi connectivity index (χ1v) is 8.39. The number of carbonyl (C=O) groups excluding carboxylic acids is 1. The number of halogens is 1. The summed E-state index contributed by atoms with van der Waals surface area (Å²) in [5.41, 5.74) is 3.55. The van der Waals surface area contributed by atoms with E-state index in [1.807, 2.05) is 49.4 Å². The van der Waals surface area contributed by atoms with Crippen molar-refractivity contribution in [2.75, 3.05) is 18.4 Å². The largest absolute Gasteiger partial charge is 0.322 e. The van der Waals surface area contributed by atoms with Crippen molar-refractivity contribution < 1.29 is 4.79 Å². The molecule has 1 heterocycles. The smallest absolute Gasteiger partial charge is 0.255 e. The van der Waals surface area contributed by atoms with Crippen molar-refractivity contribution in [3.05, 3.63) is 64.2 Å². The first-order chi connectivity index (χ1) is 11.1. The Labute approximate surface area is 142 Å². The van der Waals surface area contributed by atoms with Gasteiger partial charge in [0.25, 0.3) is 5.91 Å². The van der Waals surface area contributed by atoms with Crippen molar-refractivity contribution in [1.29, 1.82) is 0 Å². The molecule has 1 amide bonds. The number of carbonyl (C=O) groups is 1. The molecule has 3 nitrogen and oxygen atoms in total. The van der Waals surface area contributed by atoms with Gasteiger partial charge >= 0.3 is 0 Å². The van der Waals surface area contributed by atoms with Gasteiger partial charge in [-0.3, -0.25) is 9.69 Å². The van der Waals surface area contributed by atoms with Crippen LogP contribution in [-0.2, 0) is 6.54 Å². The summed E-state index contributed by atoms with van der Waals surface area (Å²) in [6.07, 6.45) is 2.58. The summed E-state index contributed by atoms with van der Waals surface area (Å²) in [7, 11) is 0. The Morgan fingerprint density at radius 1 is 1.13 bits per heavy atom. The first-order valence-electron chi connectivity index (χ1n) is 8.01. The monoisotopic (exact) mass is 328 g/mol. The zero-order chi connectivity index (χ0) is 16.2. The van der Waals surface area contributed by atoms with Crippen LogP contribution in [0.15, 0.2) is 42.5 Å². The van der Waals surface area contributed by atoms with Crippen LogP contribution in [0.25, 0.3) is 0 Å². The van der Waals surface area contributed by atoms with Crippen LogP contribution >= 0.6 is 11.6 Å². The van der Waals surface area contributed by atoms with Gasteiger partial charge in [0, 0.05) is 22.8 Å². The van der Waals surface area contributed by atoms with Gasteiger partial charge in [-0.1, -0.05) is 29.8 Å². The Morgan fingerprint density at radius 2 is 1.83 bits per heavy atom. The number of nitrogens with one attached hydrogen (secondary N) is 1. The maximum Gasteiger partial charge on any atom is 0.255 e. The summed E-state index contributed by atoms with van der Waals surface area (Å²) in [4.78, 5) is 14.8. The summed E-state index contributed by atoms with van der Waals surface area (Å²) in [5, 5.41) is 3.58. The van der Waals surface area contributed by atoms with E-state index in [1.54, 1.807) is 0 Å². The molecule has 1 aliphatic heterocycles. The van der Waals surface area contributed by atoms with Gasteiger partial charge in [0.2, 0.25) is 0 Å². The molecule has 2 aromatic rings. The fourth-order valence-corrected chi connectivity index (χ4v) is 3.07. The highest BCUT2D eigenvalue weighted by molar-refractivity contribution is 6.31. The molecule has 0 saturated carbocycles. The molecule has 1 N–H and O–H groups in total. The Hall–Kier alpha value is -1.84. The average Bonchev–Trinajstić information content (AvgIpc) is 3.05. The molecule has 0 aliphatic carbocycles. The zero-order valence-electron chi connectivity index (χ0n) is 13.3. The second kappa shape index (κ2) is 7.16. The topological polar surface area (TPSA) is 32.3 Å². The van der Waals surface area contributed by atoms with E-state index in [-0.39, 0.29) is 5.91 Å². The average molecular weight is 329 g/mol. The molecular formula is C19H21ClN2O. The van der Waals surface area contributed by atoms with E-state index in [0.29, 0.717) is 10.6 Å². The lowest BCUT2D eigenvalue weighted by Gasteiger charge is -2.14. The minimum atomic E-state index is -0.108. The number of hydrogen-bond acceptors (Lipinski definition) is 2.